The van der Waals surface area contributed by atoms with E-state index < -0.39 is 10.4 Å². The molecule has 2 atom stereocenters. The van der Waals surface area contributed by atoms with Gasteiger partial charge in [0, 0.05) is 12.1 Å². The number of rotatable bonds is 3. The Morgan fingerprint density at radius 2 is 1.74 bits per heavy atom. The van der Waals surface area contributed by atoms with Gasteiger partial charge in [0.25, 0.3) is 0 Å². The van der Waals surface area contributed by atoms with E-state index in [2.05, 4.69) is 47.4 Å². The molecular weight excluding hydrogens is 356 g/mol. The molecule has 27 heavy (non-hydrogen) atoms. The van der Waals surface area contributed by atoms with Gasteiger partial charge < -0.3 is 4.55 Å². The highest BCUT2D eigenvalue weighted by molar-refractivity contribution is 7.94. The minimum atomic E-state index is -3.26. The van der Waals surface area contributed by atoms with E-state index in [9.17, 15) is 8.76 Å². The fourth-order valence-corrected chi connectivity index (χ4v) is 5.53. The first kappa shape index (κ1) is 18.8. The summed E-state index contributed by atoms with van der Waals surface area (Å²) in [5, 5.41) is 0. The van der Waals surface area contributed by atoms with Crippen LogP contribution >= 0.6 is 0 Å². The zero-order valence-electron chi connectivity index (χ0n) is 16.0. The summed E-state index contributed by atoms with van der Waals surface area (Å²) >= 11 is 0. The van der Waals surface area contributed by atoms with Crippen molar-refractivity contribution in [3.63, 3.8) is 0 Å². The van der Waals surface area contributed by atoms with Crippen LogP contribution in [0.25, 0.3) is 0 Å². The predicted octanol–water partition coefficient (Wildman–Crippen LogP) is 3.64. The van der Waals surface area contributed by atoms with Gasteiger partial charge >= 0.3 is 0 Å². The average Bonchev–Trinajstić information content (AvgIpc) is 2.82. The molecule has 2 aliphatic heterocycles. The molecule has 0 saturated carbocycles. The van der Waals surface area contributed by atoms with Gasteiger partial charge in [-0.15, -0.1) is 4.31 Å². The van der Waals surface area contributed by atoms with Crippen molar-refractivity contribution in [2.45, 2.75) is 44.3 Å². The summed E-state index contributed by atoms with van der Waals surface area (Å²) in [6.45, 7) is 2.96. The Bertz CT molecular complexity index is 835. The van der Waals surface area contributed by atoms with Crippen molar-refractivity contribution in [1.82, 2.24) is 9.21 Å². The second-order valence-electron chi connectivity index (χ2n) is 8.07. The van der Waals surface area contributed by atoms with E-state index in [-0.39, 0.29) is 5.54 Å². The van der Waals surface area contributed by atoms with Crippen LogP contribution in [0.15, 0.2) is 54.6 Å². The molecule has 1 spiro atoms. The van der Waals surface area contributed by atoms with Crippen molar-refractivity contribution in [3.05, 3.63) is 71.3 Å². The van der Waals surface area contributed by atoms with Crippen molar-refractivity contribution in [2.24, 2.45) is 0 Å². The van der Waals surface area contributed by atoms with Gasteiger partial charge in [0.05, 0.1) is 13.1 Å². The lowest BCUT2D eigenvalue weighted by Crippen LogP contribution is -2.59. The van der Waals surface area contributed by atoms with Crippen LogP contribution in [0, 0.1) is 0 Å². The minimum Gasteiger partial charge on any atom is -0.598 e. The van der Waals surface area contributed by atoms with Gasteiger partial charge in [-0.25, -0.2) is 0 Å². The van der Waals surface area contributed by atoms with Crippen LogP contribution in [-0.2, 0) is 34.1 Å². The highest BCUT2D eigenvalue weighted by Gasteiger charge is 2.45. The Labute approximate surface area is 163 Å². The predicted molar refractivity (Wildman–Crippen MR) is 109 cm³/mol. The van der Waals surface area contributed by atoms with E-state index in [0.717, 1.165) is 37.9 Å². The van der Waals surface area contributed by atoms with Crippen molar-refractivity contribution in [3.8, 4) is 0 Å². The molecule has 0 N–H and O–H groups in total. The first-order valence-electron chi connectivity index (χ1n) is 9.77. The third-order valence-electron chi connectivity index (χ3n) is 6.13. The summed E-state index contributed by atoms with van der Waals surface area (Å²) in [5.74, 6) is 0. The maximum Gasteiger partial charge on any atom is 0.122 e. The largest absolute Gasteiger partial charge is 0.598 e. The fourth-order valence-electron chi connectivity index (χ4n) is 4.69. The Hall–Kier alpha value is -1.53. The SMILES string of the molecule is C[S+](=O)([O-])N1Cc2ccccc2CC2(CCCCN2Cc2ccccc2)C1. The maximum absolute atomic E-state index is 12.5. The van der Waals surface area contributed by atoms with Crippen LogP contribution in [0.3, 0.4) is 0 Å². The van der Waals surface area contributed by atoms with Gasteiger partial charge in [-0.3, -0.25) is 4.90 Å². The van der Waals surface area contributed by atoms with Gasteiger partial charge in [-0.05, 0) is 42.5 Å². The van der Waals surface area contributed by atoms with E-state index in [1.807, 2.05) is 12.1 Å². The Balaban J connectivity index is 1.73. The lowest BCUT2D eigenvalue weighted by Gasteiger charge is -2.48. The molecule has 2 heterocycles. The number of nitrogens with zero attached hydrogens (tertiary/aromatic N) is 2. The summed E-state index contributed by atoms with van der Waals surface area (Å²) in [6, 6.07) is 18.9. The first-order valence-corrected chi connectivity index (χ1v) is 11.6. The molecule has 2 aromatic rings. The van der Waals surface area contributed by atoms with Gasteiger partial charge in [0.2, 0.25) is 0 Å². The summed E-state index contributed by atoms with van der Waals surface area (Å²) in [5.41, 5.74) is 3.60. The summed E-state index contributed by atoms with van der Waals surface area (Å²) < 4.78 is 26.8. The fraction of sp³-hybridized carbons (Fsp3) is 0.455. The molecular formula is C22H28N2O2S. The highest BCUT2D eigenvalue weighted by Crippen LogP contribution is 2.38. The number of fused-ring (bicyclic) bond motifs is 1. The van der Waals surface area contributed by atoms with Crippen LogP contribution < -0.4 is 0 Å². The maximum atomic E-state index is 12.5. The van der Waals surface area contributed by atoms with Crippen LogP contribution in [0.2, 0.25) is 0 Å². The number of hydrogen-bond acceptors (Lipinski definition) is 3. The molecule has 4 rings (SSSR count). The van der Waals surface area contributed by atoms with Gasteiger partial charge in [-0.1, -0.05) is 65.2 Å². The topological polar surface area (TPSA) is 46.6 Å². The van der Waals surface area contributed by atoms with Crippen molar-refractivity contribution < 1.29 is 8.76 Å². The highest BCUT2D eigenvalue weighted by atomic mass is 32.3. The van der Waals surface area contributed by atoms with Crippen LogP contribution in [-0.4, -0.2) is 38.6 Å². The molecule has 0 bridgehead atoms. The van der Waals surface area contributed by atoms with Crippen LogP contribution in [0.5, 0.6) is 0 Å². The lowest BCUT2D eigenvalue weighted by molar-refractivity contribution is 0.0249. The van der Waals surface area contributed by atoms with Crippen molar-refractivity contribution >= 4 is 10.4 Å². The zero-order valence-corrected chi connectivity index (χ0v) is 16.8. The molecule has 0 amide bonds. The third-order valence-corrected chi connectivity index (χ3v) is 7.33. The standard InChI is InChI=1S/C22H28N2O2S/c1-27(25,26)24-17-21-12-6-5-11-20(21)15-22(18-24)13-7-8-14-23(22)16-19-9-3-2-4-10-19/h2-6,9-12H,7-8,13-18H2,1H3. The molecule has 0 aliphatic carbocycles. The van der Waals surface area contributed by atoms with Gasteiger partial charge in [0.15, 0.2) is 0 Å². The molecule has 4 nitrogen and oxygen atoms in total. The number of piperidine rings is 1. The number of benzene rings is 2. The summed E-state index contributed by atoms with van der Waals surface area (Å²) in [7, 11) is -3.26. The first-order chi connectivity index (χ1) is 13.0. The van der Waals surface area contributed by atoms with E-state index >= 15 is 0 Å². The molecule has 1 fully saturated rings. The number of hydrogen-bond donors (Lipinski definition) is 0. The number of sulfonamides is 1. The molecule has 5 heteroatoms. The molecule has 2 unspecified atom stereocenters. The lowest BCUT2D eigenvalue weighted by atomic mass is 9.80. The molecule has 1 saturated heterocycles. The molecule has 0 aromatic heterocycles. The average molecular weight is 385 g/mol. The number of likely N-dealkylation sites (tertiary alicyclic amines) is 1. The second kappa shape index (κ2) is 7.47. The summed E-state index contributed by atoms with van der Waals surface area (Å²) in [6.07, 6.45) is 5.64. The zero-order chi connectivity index (χ0) is 18.9. The molecule has 2 aliphatic rings. The van der Waals surface area contributed by atoms with E-state index in [0.29, 0.717) is 13.1 Å². The quantitative estimate of drug-likeness (QED) is 0.759. The Morgan fingerprint density at radius 3 is 2.48 bits per heavy atom. The molecule has 144 valence electrons. The summed E-state index contributed by atoms with van der Waals surface area (Å²) in [4.78, 5) is 2.55. The van der Waals surface area contributed by atoms with Crippen molar-refractivity contribution in [2.75, 3.05) is 19.3 Å². The Morgan fingerprint density at radius 1 is 1.04 bits per heavy atom. The minimum absolute atomic E-state index is 0.135. The van der Waals surface area contributed by atoms with E-state index in [4.69, 9.17) is 0 Å². The van der Waals surface area contributed by atoms with Crippen molar-refractivity contribution in [1.29, 1.82) is 0 Å². The normalized spacial score (nSPS) is 26.3. The second-order valence-corrected chi connectivity index (χ2v) is 10.0. The van der Waals surface area contributed by atoms with E-state index in [1.54, 1.807) is 4.31 Å². The van der Waals surface area contributed by atoms with Crippen LogP contribution in [0.1, 0.15) is 36.0 Å². The molecule has 2 aromatic carbocycles. The Kier molecular flexibility index (Phi) is 5.21. The van der Waals surface area contributed by atoms with Gasteiger partial charge in [-0.2, -0.15) is 0 Å². The monoisotopic (exact) mass is 384 g/mol. The molecule has 0 radical (unpaired) electrons. The van der Waals surface area contributed by atoms with Gasteiger partial charge in [0.1, 0.15) is 16.7 Å². The van der Waals surface area contributed by atoms with Crippen LogP contribution in [0.4, 0.5) is 0 Å². The smallest absolute Gasteiger partial charge is 0.122 e. The van der Waals surface area contributed by atoms with E-state index in [1.165, 1.54) is 23.8 Å². The third kappa shape index (κ3) is 4.02.